The zero-order valence-corrected chi connectivity index (χ0v) is 17.2. The largest absolute Gasteiger partial charge is 0.496 e. The predicted molar refractivity (Wildman–Crippen MR) is 115 cm³/mol. The molecule has 0 aliphatic heterocycles. The van der Waals surface area contributed by atoms with Crippen LogP contribution in [0.4, 0.5) is 0 Å². The predicted octanol–water partition coefficient (Wildman–Crippen LogP) is 4.05. The molecule has 0 bridgehead atoms. The van der Waals surface area contributed by atoms with E-state index >= 15 is 0 Å². The summed E-state index contributed by atoms with van der Waals surface area (Å²) in [6, 6.07) is 20.0. The first-order chi connectivity index (χ1) is 15.0. The number of ether oxygens (including phenoxy) is 2. The summed E-state index contributed by atoms with van der Waals surface area (Å²) in [5, 5.41) is 8.34. The normalized spacial score (nSPS) is 10.8. The van der Waals surface area contributed by atoms with Gasteiger partial charge in [0, 0.05) is 11.1 Å². The fraction of sp³-hybridized carbons (Fsp3) is 0.167. The van der Waals surface area contributed by atoms with Gasteiger partial charge >= 0.3 is 5.97 Å². The summed E-state index contributed by atoms with van der Waals surface area (Å²) in [7, 11) is 1.53. The van der Waals surface area contributed by atoms with Gasteiger partial charge < -0.3 is 9.47 Å². The zero-order valence-electron chi connectivity index (χ0n) is 17.2. The smallest absolute Gasteiger partial charge is 0.338 e. The number of benzene rings is 3. The molecule has 7 heteroatoms. The number of hydrogen-bond donors (Lipinski definition) is 0. The molecule has 156 valence electrons. The number of carbonyl (C=O) groups is 2. The number of aromatic nitrogens is 3. The Bertz CT molecular complexity index is 1250. The molecule has 0 radical (unpaired) electrons. The van der Waals surface area contributed by atoms with Crippen molar-refractivity contribution in [2.24, 2.45) is 0 Å². The van der Waals surface area contributed by atoms with Crippen LogP contribution < -0.4 is 4.74 Å². The molecule has 0 unspecified atom stereocenters. The van der Waals surface area contributed by atoms with Crippen LogP contribution in [0.5, 0.6) is 5.75 Å². The molecule has 4 rings (SSSR count). The number of methoxy groups -OCH3 is 1. The fourth-order valence-corrected chi connectivity index (χ4v) is 3.29. The van der Waals surface area contributed by atoms with Crippen LogP contribution in [0.1, 0.15) is 38.8 Å². The Morgan fingerprint density at radius 2 is 1.71 bits per heavy atom. The summed E-state index contributed by atoms with van der Waals surface area (Å²) >= 11 is 0. The van der Waals surface area contributed by atoms with Crippen molar-refractivity contribution in [2.75, 3.05) is 7.11 Å². The number of Topliss-reactive ketones (excluding diaryl/α,β-unsaturated/α-hetero) is 1. The van der Waals surface area contributed by atoms with Crippen LogP contribution in [0.3, 0.4) is 0 Å². The third kappa shape index (κ3) is 4.45. The van der Waals surface area contributed by atoms with E-state index in [9.17, 15) is 9.59 Å². The quantitative estimate of drug-likeness (QED) is 0.335. The second-order valence-corrected chi connectivity index (χ2v) is 7.09. The molecule has 0 saturated carbocycles. The Hall–Kier alpha value is -4.00. The maximum absolute atomic E-state index is 12.5. The van der Waals surface area contributed by atoms with Crippen LogP contribution in [0.25, 0.3) is 11.0 Å². The molecule has 0 N–H and O–H groups in total. The lowest BCUT2D eigenvalue weighted by Gasteiger charge is -2.11. The van der Waals surface area contributed by atoms with E-state index in [4.69, 9.17) is 9.47 Å². The Morgan fingerprint density at radius 1 is 0.968 bits per heavy atom. The van der Waals surface area contributed by atoms with Crippen LogP contribution in [-0.2, 0) is 17.9 Å². The number of rotatable bonds is 7. The van der Waals surface area contributed by atoms with Crippen molar-refractivity contribution >= 4 is 22.8 Å². The summed E-state index contributed by atoms with van der Waals surface area (Å²) in [6.07, 6.45) is 0. The van der Waals surface area contributed by atoms with Crippen molar-refractivity contribution in [3.05, 3.63) is 89.0 Å². The van der Waals surface area contributed by atoms with Gasteiger partial charge in [-0.05, 0) is 55.0 Å². The van der Waals surface area contributed by atoms with Crippen molar-refractivity contribution in [3.8, 4) is 5.75 Å². The van der Waals surface area contributed by atoms with Gasteiger partial charge in [-0.25, -0.2) is 9.48 Å². The highest BCUT2D eigenvalue weighted by Gasteiger charge is 2.12. The summed E-state index contributed by atoms with van der Waals surface area (Å²) in [5.41, 5.74) is 4.40. The number of carbonyl (C=O) groups excluding carboxylic acids is 2. The Morgan fingerprint density at radius 3 is 2.45 bits per heavy atom. The maximum atomic E-state index is 12.5. The summed E-state index contributed by atoms with van der Waals surface area (Å²) in [6.45, 7) is 2.04. The first kappa shape index (κ1) is 20.3. The van der Waals surface area contributed by atoms with Gasteiger partial charge in [-0.2, -0.15) is 0 Å². The Labute approximate surface area is 179 Å². The van der Waals surface area contributed by atoms with E-state index < -0.39 is 5.97 Å². The fourth-order valence-electron chi connectivity index (χ4n) is 3.29. The molecular weight excluding hydrogens is 394 g/mol. The topological polar surface area (TPSA) is 83.3 Å². The maximum Gasteiger partial charge on any atom is 0.338 e. The van der Waals surface area contributed by atoms with Gasteiger partial charge in [-0.3, -0.25) is 4.79 Å². The van der Waals surface area contributed by atoms with Crippen molar-refractivity contribution in [2.45, 2.75) is 20.1 Å². The molecule has 0 fully saturated rings. The third-order valence-corrected chi connectivity index (χ3v) is 4.99. The number of fused-ring (bicyclic) bond motifs is 1. The Balaban J connectivity index is 1.43. The first-order valence-corrected chi connectivity index (χ1v) is 9.77. The second-order valence-electron chi connectivity index (χ2n) is 7.09. The molecule has 0 aliphatic rings. The van der Waals surface area contributed by atoms with Crippen molar-refractivity contribution in [3.63, 3.8) is 0 Å². The Kier molecular flexibility index (Phi) is 5.75. The van der Waals surface area contributed by atoms with Crippen LogP contribution in [0.2, 0.25) is 0 Å². The van der Waals surface area contributed by atoms with Crippen molar-refractivity contribution < 1.29 is 19.1 Å². The van der Waals surface area contributed by atoms with Crippen molar-refractivity contribution in [1.82, 2.24) is 15.0 Å². The minimum atomic E-state index is -0.451. The summed E-state index contributed by atoms with van der Waals surface area (Å²) in [5.74, 6) is 0.0484. The van der Waals surface area contributed by atoms with E-state index in [1.165, 1.54) is 14.0 Å². The molecule has 7 nitrogen and oxygen atoms in total. The highest BCUT2D eigenvalue weighted by molar-refractivity contribution is 5.94. The van der Waals surface area contributed by atoms with Gasteiger partial charge in [0.25, 0.3) is 0 Å². The van der Waals surface area contributed by atoms with E-state index in [1.807, 2.05) is 41.1 Å². The molecule has 31 heavy (non-hydrogen) atoms. The number of hydrogen-bond acceptors (Lipinski definition) is 6. The van der Waals surface area contributed by atoms with Gasteiger partial charge in [-0.15, -0.1) is 5.10 Å². The lowest BCUT2D eigenvalue weighted by atomic mass is 10.1. The monoisotopic (exact) mass is 415 g/mol. The third-order valence-electron chi connectivity index (χ3n) is 4.99. The summed E-state index contributed by atoms with van der Waals surface area (Å²) < 4.78 is 12.6. The zero-order chi connectivity index (χ0) is 21.8. The molecular formula is C24H21N3O4. The summed E-state index contributed by atoms with van der Waals surface area (Å²) in [4.78, 5) is 24.1. The first-order valence-electron chi connectivity index (χ1n) is 9.77. The van der Waals surface area contributed by atoms with Crippen molar-refractivity contribution in [1.29, 1.82) is 0 Å². The van der Waals surface area contributed by atoms with Gasteiger partial charge in [0.05, 0.1) is 24.7 Å². The number of para-hydroxylation sites is 1. The lowest BCUT2D eigenvalue weighted by molar-refractivity contribution is 0.0470. The molecule has 0 amide bonds. The number of nitrogens with zero attached hydrogens (tertiary/aromatic N) is 3. The van der Waals surface area contributed by atoms with E-state index in [2.05, 4.69) is 10.3 Å². The van der Waals surface area contributed by atoms with Gasteiger partial charge in [0.2, 0.25) is 0 Å². The average molecular weight is 415 g/mol. The van der Waals surface area contributed by atoms with Gasteiger partial charge in [-0.1, -0.05) is 29.5 Å². The van der Waals surface area contributed by atoms with E-state index in [0.717, 1.165) is 16.6 Å². The van der Waals surface area contributed by atoms with Gasteiger partial charge in [0.15, 0.2) is 5.78 Å². The molecule has 4 aromatic rings. The SMILES string of the molecule is COc1ccc(C(C)=O)cc1COC(=O)c1ccc(Cn2nnc3ccccc32)cc1. The minimum Gasteiger partial charge on any atom is -0.496 e. The number of esters is 1. The molecule has 0 spiro atoms. The van der Waals surface area contributed by atoms with Gasteiger partial charge in [0.1, 0.15) is 17.9 Å². The van der Waals surface area contributed by atoms with Crippen LogP contribution in [0, 0.1) is 0 Å². The highest BCUT2D eigenvalue weighted by atomic mass is 16.5. The minimum absolute atomic E-state index is 0.00975. The molecule has 1 aromatic heterocycles. The van der Waals surface area contributed by atoms with Crippen LogP contribution >= 0.6 is 0 Å². The van der Waals surface area contributed by atoms with Crippen LogP contribution in [0.15, 0.2) is 66.7 Å². The second kappa shape index (κ2) is 8.79. The van der Waals surface area contributed by atoms with E-state index in [0.29, 0.717) is 29.0 Å². The lowest BCUT2D eigenvalue weighted by Crippen LogP contribution is -2.07. The molecule has 0 atom stereocenters. The van der Waals surface area contributed by atoms with Crippen LogP contribution in [-0.4, -0.2) is 33.9 Å². The number of ketones is 1. The molecule has 3 aromatic carbocycles. The molecule has 0 saturated heterocycles. The highest BCUT2D eigenvalue weighted by Crippen LogP contribution is 2.22. The standard InChI is InChI=1S/C24H21N3O4/c1-16(28)19-11-12-23(30-2)20(13-19)15-31-24(29)18-9-7-17(8-10-18)14-27-22-6-4-3-5-21(22)25-26-27/h3-13H,14-15H2,1-2H3. The van der Waals surface area contributed by atoms with E-state index in [-0.39, 0.29) is 12.4 Å². The average Bonchev–Trinajstić information content (AvgIpc) is 3.20. The molecule has 0 aliphatic carbocycles. The van der Waals surface area contributed by atoms with E-state index in [1.54, 1.807) is 30.3 Å². The molecule has 1 heterocycles.